The molecule has 1 aromatic rings. The summed E-state index contributed by atoms with van der Waals surface area (Å²) in [5, 5.41) is 0. The van der Waals surface area contributed by atoms with Gasteiger partial charge in [-0.25, -0.2) is 15.0 Å². The Morgan fingerprint density at radius 3 is 2.87 bits per heavy atom. The summed E-state index contributed by atoms with van der Waals surface area (Å²) < 4.78 is 1.79. The Balaban J connectivity index is 1.90. The summed E-state index contributed by atoms with van der Waals surface area (Å²) in [6, 6.07) is 0. The highest BCUT2D eigenvalue weighted by Gasteiger charge is 2.21. The molecule has 0 unspecified atom stereocenters. The van der Waals surface area contributed by atoms with Gasteiger partial charge in [-0.1, -0.05) is 24.8 Å². The first-order valence-electron chi connectivity index (χ1n) is 11.1. The zero-order valence-electron chi connectivity index (χ0n) is 19.1. The second kappa shape index (κ2) is 14.8. The summed E-state index contributed by atoms with van der Waals surface area (Å²) in [5.74, 6) is 1.32. The molecule has 1 aliphatic rings. The largest absolute Gasteiger partial charge is 0.303 e. The van der Waals surface area contributed by atoms with Crippen molar-refractivity contribution in [3.8, 4) is 0 Å². The first-order valence-corrected chi connectivity index (χ1v) is 12.4. The van der Waals surface area contributed by atoms with Crippen LogP contribution in [0.4, 0.5) is 0 Å². The summed E-state index contributed by atoms with van der Waals surface area (Å²) in [5.41, 5.74) is 1.48. The van der Waals surface area contributed by atoms with Crippen molar-refractivity contribution in [3.63, 3.8) is 0 Å². The SMILES string of the molecule is C=CCCC(/C=C\C)=C(/C[C@H]1CCCN(CC/C=N\C(=N/C=C)n2ccnc2)C1)SC. The third kappa shape index (κ3) is 8.83. The van der Waals surface area contributed by atoms with Gasteiger partial charge in [-0.2, -0.15) is 0 Å². The minimum absolute atomic E-state index is 0.592. The number of aliphatic imine (C=N–C) groups is 2. The minimum Gasteiger partial charge on any atom is -0.303 e. The molecule has 1 atom stereocenters. The number of allylic oxidation sites excluding steroid dienone is 5. The summed E-state index contributed by atoms with van der Waals surface area (Å²) in [6.45, 7) is 13.0. The standard InChI is InChI=1S/C25H37N5S/c1-5-8-13-23(11-6-2)24(31-4)19-22-12-9-16-29(20-22)17-10-14-28-25(27-7-3)30-18-15-26-21-30/h5-7,11,14-15,18,21-22H,1,3,8-10,12-13,16-17,19-20H2,2,4H3/b11-6-,24-23-,27-25+,28-14-/t22-/m1/s1. The van der Waals surface area contributed by atoms with E-state index in [2.05, 4.69) is 58.4 Å². The molecule has 0 amide bonds. The van der Waals surface area contributed by atoms with Gasteiger partial charge in [0, 0.05) is 37.9 Å². The topological polar surface area (TPSA) is 45.8 Å². The molecule has 0 spiro atoms. The average Bonchev–Trinajstić information content (AvgIpc) is 3.32. The smallest absolute Gasteiger partial charge is 0.234 e. The maximum absolute atomic E-state index is 4.52. The van der Waals surface area contributed by atoms with Crippen LogP contribution in [0, 0.1) is 5.92 Å². The number of hydrogen-bond donors (Lipinski definition) is 0. The Labute approximate surface area is 192 Å². The van der Waals surface area contributed by atoms with Crippen LogP contribution < -0.4 is 0 Å². The van der Waals surface area contributed by atoms with E-state index in [1.54, 1.807) is 22.0 Å². The molecule has 6 heteroatoms. The van der Waals surface area contributed by atoms with Crippen LogP contribution in [0.25, 0.3) is 0 Å². The molecule has 1 aromatic heterocycles. The maximum atomic E-state index is 4.52. The van der Waals surface area contributed by atoms with Gasteiger partial charge in [0.05, 0.1) is 0 Å². The zero-order chi connectivity index (χ0) is 22.3. The molecular formula is C25H37N5S. The number of thioether (sulfide) groups is 1. The number of nitrogens with zero attached hydrogens (tertiary/aromatic N) is 5. The molecule has 1 saturated heterocycles. The summed E-state index contributed by atoms with van der Waals surface area (Å²) in [7, 11) is 0. The number of imidazole rings is 1. The van der Waals surface area contributed by atoms with Gasteiger partial charge in [0.15, 0.2) is 0 Å². The van der Waals surface area contributed by atoms with E-state index in [4.69, 9.17) is 0 Å². The average molecular weight is 440 g/mol. The van der Waals surface area contributed by atoms with Crippen molar-refractivity contribution >= 4 is 23.9 Å². The van der Waals surface area contributed by atoms with Crippen LogP contribution in [0.1, 0.15) is 45.4 Å². The van der Waals surface area contributed by atoms with Crippen molar-refractivity contribution in [2.45, 2.75) is 45.4 Å². The second-order valence-corrected chi connectivity index (χ2v) is 8.58. The molecule has 2 heterocycles. The lowest BCUT2D eigenvalue weighted by Crippen LogP contribution is -2.36. The molecule has 0 bridgehead atoms. The van der Waals surface area contributed by atoms with Crippen LogP contribution in [0.5, 0.6) is 0 Å². The molecule has 0 radical (unpaired) electrons. The normalized spacial score (nSPS) is 19.2. The van der Waals surface area contributed by atoms with E-state index in [-0.39, 0.29) is 0 Å². The van der Waals surface area contributed by atoms with E-state index in [9.17, 15) is 0 Å². The van der Waals surface area contributed by atoms with Crippen LogP contribution >= 0.6 is 11.8 Å². The molecule has 0 N–H and O–H groups in total. The highest BCUT2D eigenvalue weighted by molar-refractivity contribution is 8.02. The Hall–Kier alpha value is -2.18. The molecule has 0 aliphatic carbocycles. The van der Waals surface area contributed by atoms with E-state index >= 15 is 0 Å². The van der Waals surface area contributed by atoms with Crippen molar-refractivity contribution < 1.29 is 0 Å². The van der Waals surface area contributed by atoms with Gasteiger partial charge in [0.25, 0.3) is 0 Å². The molecule has 1 aliphatic heterocycles. The summed E-state index contributed by atoms with van der Waals surface area (Å²) >= 11 is 1.92. The zero-order valence-corrected chi connectivity index (χ0v) is 19.9. The molecule has 5 nitrogen and oxygen atoms in total. The lowest BCUT2D eigenvalue weighted by molar-refractivity contribution is 0.179. The highest BCUT2D eigenvalue weighted by atomic mass is 32.2. The molecule has 31 heavy (non-hydrogen) atoms. The van der Waals surface area contributed by atoms with E-state index in [0.29, 0.717) is 5.96 Å². The molecule has 1 fully saturated rings. The third-order valence-corrected chi connectivity index (χ3v) is 6.31. The van der Waals surface area contributed by atoms with Gasteiger partial charge < -0.3 is 4.90 Å². The monoisotopic (exact) mass is 439 g/mol. The Bertz CT molecular complexity index is 789. The van der Waals surface area contributed by atoms with Crippen molar-refractivity contribution in [2.75, 3.05) is 25.9 Å². The quantitative estimate of drug-likeness (QED) is 0.185. The number of rotatable bonds is 11. The Kier molecular flexibility index (Phi) is 11.9. The fourth-order valence-corrected chi connectivity index (χ4v) is 4.75. The predicted octanol–water partition coefficient (Wildman–Crippen LogP) is 5.95. The third-order valence-electron chi connectivity index (χ3n) is 5.39. The summed E-state index contributed by atoms with van der Waals surface area (Å²) in [6.07, 6.45) is 24.2. The first-order chi connectivity index (χ1) is 15.2. The molecule has 0 aromatic carbocycles. The van der Waals surface area contributed by atoms with Crippen molar-refractivity contribution in [1.82, 2.24) is 14.5 Å². The highest BCUT2D eigenvalue weighted by Crippen LogP contribution is 2.32. The van der Waals surface area contributed by atoms with Crippen LogP contribution in [0.15, 0.2) is 76.8 Å². The Morgan fingerprint density at radius 1 is 1.32 bits per heavy atom. The van der Waals surface area contributed by atoms with Crippen molar-refractivity contribution in [1.29, 1.82) is 0 Å². The van der Waals surface area contributed by atoms with Gasteiger partial charge >= 0.3 is 0 Å². The second-order valence-electron chi connectivity index (χ2n) is 7.67. The maximum Gasteiger partial charge on any atom is 0.234 e. The van der Waals surface area contributed by atoms with Gasteiger partial charge in [-0.15, -0.1) is 18.3 Å². The minimum atomic E-state index is 0.592. The van der Waals surface area contributed by atoms with E-state index in [0.717, 1.165) is 38.3 Å². The van der Waals surface area contributed by atoms with E-state index in [1.165, 1.54) is 37.6 Å². The molecular weight excluding hydrogens is 402 g/mol. The lowest BCUT2D eigenvalue weighted by Gasteiger charge is -2.33. The Morgan fingerprint density at radius 2 is 2.19 bits per heavy atom. The van der Waals surface area contributed by atoms with Gasteiger partial charge in [-0.05, 0) is 74.6 Å². The summed E-state index contributed by atoms with van der Waals surface area (Å²) in [4.78, 5) is 16.9. The predicted molar refractivity (Wildman–Crippen MR) is 137 cm³/mol. The fraction of sp³-hybridized carbons (Fsp3) is 0.480. The van der Waals surface area contributed by atoms with Crippen molar-refractivity contribution in [2.24, 2.45) is 15.9 Å². The molecule has 0 saturated carbocycles. The van der Waals surface area contributed by atoms with Gasteiger partial charge in [0.2, 0.25) is 5.96 Å². The fourth-order valence-electron chi connectivity index (χ4n) is 3.92. The van der Waals surface area contributed by atoms with Gasteiger partial charge in [-0.3, -0.25) is 4.57 Å². The lowest BCUT2D eigenvalue weighted by atomic mass is 9.92. The van der Waals surface area contributed by atoms with Crippen molar-refractivity contribution in [3.05, 3.63) is 66.8 Å². The number of piperidine rings is 1. The van der Waals surface area contributed by atoms with Crippen LogP contribution in [0.3, 0.4) is 0 Å². The molecule has 168 valence electrons. The number of likely N-dealkylation sites (tertiary alicyclic amines) is 1. The van der Waals surface area contributed by atoms with Crippen LogP contribution in [0.2, 0.25) is 0 Å². The number of aromatic nitrogens is 2. The van der Waals surface area contributed by atoms with Gasteiger partial charge in [0.1, 0.15) is 6.33 Å². The van der Waals surface area contributed by atoms with Crippen LogP contribution in [-0.4, -0.2) is 52.5 Å². The van der Waals surface area contributed by atoms with E-state index < -0.39 is 0 Å². The number of hydrogen-bond acceptors (Lipinski definition) is 4. The van der Waals surface area contributed by atoms with Crippen LogP contribution in [-0.2, 0) is 0 Å². The molecule has 2 rings (SSSR count). The first kappa shape index (κ1) is 25.1. The van der Waals surface area contributed by atoms with E-state index in [1.807, 2.05) is 30.2 Å².